The molecule has 14 heavy (non-hydrogen) atoms. The zero-order valence-electron chi connectivity index (χ0n) is 8.50. The van der Waals surface area contributed by atoms with E-state index in [2.05, 4.69) is 17.4 Å². The summed E-state index contributed by atoms with van der Waals surface area (Å²) in [5.74, 6) is 0. The molecule has 1 heterocycles. The third-order valence-corrected chi connectivity index (χ3v) is 2.92. The summed E-state index contributed by atoms with van der Waals surface area (Å²) in [7, 11) is 0. The molecule has 1 aliphatic heterocycles. The van der Waals surface area contributed by atoms with Crippen molar-refractivity contribution in [3.8, 4) is 0 Å². The van der Waals surface area contributed by atoms with Gasteiger partial charge in [-0.15, -0.1) is 0 Å². The molecule has 0 aliphatic carbocycles. The van der Waals surface area contributed by atoms with Crippen LogP contribution in [0.15, 0.2) is 24.3 Å². The van der Waals surface area contributed by atoms with E-state index in [-0.39, 0.29) is 0 Å². The lowest BCUT2D eigenvalue weighted by Gasteiger charge is -2.09. The van der Waals surface area contributed by atoms with Crippen LogP contribution >= 0.6 is 0 Å². The second-order valence-corrected chi connectivity index (χ2v) is 4.07. The minimum atomic E-state index is 0.743. The maximum atomic E-state index is 5.63. The molecule has 3 N–H and O–H groups in total. The number of benzene rings is 1. The number of hydrogen-bond donors (Lipinski definition) is 2. The Labute approximate surface area is 85.5 Å². The molecule has 2 heteroatoms. The molecule has 0 aromatic heterocycles. The Bertz CT molecular complexity index is 273. The highest BCUT2D eigenvalue weighted by Gasteiger charge is 2.12. The van der Waals surface area contributed by atoms with E-state index in [0.717, 1.165) is 18.2 Å². The van der Waals surface area contributed by atoms with Crippen LogP contribution in [0.25, 0.3) is 0 Å². The molecule has 2 rings (SSSR count). The van der Waals surface area contributed by atoms with E-state index in [9.17, 15) is 0 Å². The van der Waals surface area contributed by atoms with E-state index in [4.69, 9.17) is 5.73 Å². The highest BCUT2D eigenvalue weighted by Crippen LogP contribution is 2.13. The van der Waals surface area contributed by atoms with Crippen LogP contribution in [0.1, 0.15) is 24.8 Å². The summed E-state index contributed by atoms with van der Waals surface area (Å²) in [4.78, 5) is 0. The first kappa shape index (κ1) is 9.53. The van der Waals surface area contributed by atoms with Gasteiger partial charge < -0.3 is 11.1 Å². The zero-order valence-corrected chi connectivity index (χ0v) is 8.50. The van der Waals surface area contributed by atoms with E-state index in [0.29, 0.717) is 0 Å². The Hall–Kier alpha value is -1.02. The van der Waals surface area contributed by atoms with Gasteiger partial charge in [0, 0.05) is 11.7 Å². The van der Waals surface area contributed by atoms with Gasteiger partial charge in [-0.25, -0.2) is 0 Å². The lowest BCUT2D eigenvalue weighted by molar-refractivity contribution is 0.559. The van der Waals surface area contributed by atoms with Crippen LogP contribution in [0.3, 0.4) is 0 Å². The normalized spacial score (nSPS) is 21.3. The van der Waals surface area contributed by atoms with E-state index >= 15 is 0 Å². The summed E-state index contributed by atoms with van der Waals surface area (Å²) in [5.41, 5.74) is 7.88. The van der Waals surface area contributed by atoms with E-state index in [1.165, 1.54) is 31.4 Å². The number of aryl methyl sites for hydroxylation is 1. The second kappa shape index (κ2) is 4.47. The average molecular weight is 190 g/mol. The Balaban J connectivity index is 1.82. The molecule has 0 bridgehead atoms. The molecule has 1 aromatic rings. The maximum Gasteiger partial charge on any atom is 0.0314 e. The van der Waals surface area contributed by atoms with Crippen molar-refractivity contribution in [1.29, 1.82) is 0 Å². The van der Waals surface area contributed by atoms with Crippen molar-refractivity contribution in [2.45, 2.75) is 31.7 Å². The molecule has 1 unspecified atom stereocenters. The quantitative estimate of drug-likeness (QED) is 0.715. The number of nitrogens with two attached hydrogens (primary N) is 1. The molecule has 1 fully saturated rings. The lowest BCUT2D eigenvalue weighted by Crippen LogP contribution is -2.21. The van der Waals surface area contributed by atoms with Crippen LogP contribution in [-0.2, 0) is 6.42 Å². The van der Waals surface area contributed by atoms with Gasteiger partial charge in [0.2, 0.25) is 0 Å². The predicted molar refractivity (Wildman–Crippen MR) is 60.2 cm³/mol. The number of anilines is 1. The largest absolute Gasteiger partial charge is 0.399 e. The minimum Gasteiger partial charge on any atom is -0.399 e. The molecule has 1 aromatic carbocycles. The molecule has 1 saturated heterocycles. The van der Waals surface area contributed by atoms with E-state index in [1.807, 2.05) is 12.1 Å². The van der Waals surface area contributed by atoms with Crippen LogP contribution < -0.4 is 11.1 Å². The highest BCUT2D eigenvalue weighted by atomic mass is 14.9. The number of rotatable bonds is 3. The van der Waals surface area contributed by atoms with Crippen LogP contribution in [0.2, 0.25) is 0 Å². The van der Waals surface area contributed by atoms with Crippen molar-refractivity contribution >= 4 is 5.69 Å². The van der Waals surface area contributed by atoms with Crippen LogP contribution in [0, 0.1) is 0 Å². The number of nitrogen functional groups attached to an aromatic ring is 1. The Morgan fingerprint density at radius 2 is 2.07 bits per heavy atom. The first-order valence-electron chi connectivity index (χ1n) is 5.42. The van der Waals surface area contributed by atoms with Gasteiger partial charge in [-0.05, 0) is 49.9 Å². The Morgan fingerprint density at radius 1 is 1.29 bits per heavy atom. The van der Waals surface area contributed by atoms with Gasteiger partial charge in [-0.3, -0.25) is 0 Å². The summed E-state index contributed by atoms with van der Waals surface area (Å²) in [6.07, 6.45) is 5.10. The minimum absolute atomic E-state index is 0.743. The SMILES string of the molecule is Nc1ccc(CCC2CCCN2)cc1. The Morgan fingerprint density at radius 3 is 2.71 bits per heavy atom. The smallest absolute Gasteiger partial charge is 0.0314 e. The molecular weight excluding hydrogens is 172 g/mol. The molecule has 0 amide bonds. The highest BCUT2D eigenvalue weighted by molar-refractivity contribution is 5.39. The molecule has 2 nitrogen and oxygen atoms in total. The molecule has 1 atom stereocenters. The zero-order chi connectivity index (χ0) is 9.80. The summed E-state index contributed by atoms with van der Waals surface area (Å²) >= 11 is 0. The summed E-state index contributed by atoms with van der Waals surface area (Å²) in [6.45, 7) is 1.20. The van der Waals surface area contributed by atoms with Gasteiger partial charge in [-0.2, -0.15) is 0 Å². The van der Waals surface area contributed by atoms with Crippen molar-refractivity contribution in [1.82, 2.24) is 5.32 Å². The van der Waals surface area contributed by atoms with Crippen LogP contribution in [-0.4, -0.2) is 12.6 Å². The van der Waals surface area contributed by atoms with Gasteiger partial charge in [0.25, 0.3) is 0 Å². The number of hydrogen-bond acceptors (Lipinski definition) is 2. The molecule has 0 saturated carbocycles. The fourth-order valence-electron chi connectivity index (χ4n) is 2.03. The molecule has 76 valence electrons. The topological polar surface area (TPSA) is 38.0 Å². The first-order valence-corrected chi connectivity index (χ1v) is 5.42. The van der Waals surface area contributed by atoms with Gasteiger partial charge in [0.15, 0.2) is 0 Å². The van der Waals surface area contributed by atoms with Crippen LogP contribution in [0.4, 0.5) is 5.69 Å². The third kappa shape index (κ3) is 2.48. The summed E-state index contributed by atoms with van der Waals surface area (Å²) < 4.78 is 0. The molecular formula is C12H18N2. The molecule has 0 spiro atoms. The fourth-order valence-corrected chi connectivity index (χ4v) is 2.03. The van der Waals surface area contributed by atoms with Crippen molar-refractivity contribution in [2.75, 3.05) is 12.3 Å². The maximum absolute atomic E-state index is 5.63. The lowest BCUT2D eigenvalue weighted by atomic mass is 10.0. The molecule has 1 aliphatic rings. The number of nitrogens with one attached hydrogen (secondary N) is 1. The van der Waals surface area contributed by atoms with Crippen molar-refractivity contribution in [3.63, 3.8) is 0 Å². The van der Waals surface area contributed by atoms with E-state index < -0.39 is 0 Å². The van der Waals surface area contributed by atoms with E-state index in [1.54, 1.807) is 0 Å². The Kier molecular flexibility index (Phi) is 3.04. The van der Waals surface area contributed by atoms with Crippen LogP contribution in [0.5, 0.6) is 0 Å². The second-order valence-electron chi connectivity index (χ2n) is 4.07. The average Bonchev–Trinajstić information content (AvgIpc) is 2.70. The van der Waals surface area contributed by atoms with Crippen molar-refractivity contribution in [2.24, 2.45) is 0 Å². The standard InChI is InChI=1S/C12H18N2/c13-11-6-3-10(4-7-11)5-8-12-2-1-9-14-12/h3-4,6-7,12,14H,1-2,5,8-9,13H2. The fraction of sp³-hybridized carbons (Fsp3) is 0.500. The monoisotopic (exact) mass is 190 g/mol. The molecule has 0 radical (unpaired) electrons. The van der Waals surface area contributed by atoms with Gasteiger partial charge in [-0.1, -0.05) is 12.1 Å². The van der Waals surface area contributed by atoms with Gasteiger partial charge in [0.05, 0.1) is 0 Å². The summed E-state index contributed by atoms with van der Waals surface area (Å²) in [5, 5.41) is 3.51. The van der Waals surface area contributed by atoms with Gasteiger partial charge in [0.1, 0.15) is 0 Å². The predicted octanol–water partition coefficient (Wildman–Crippen LogP) is 1.95. The summed E-state index contributed by atoms with van der Waals surface area (Å²) in [6, 6.07) is 8.97. The van der Waals surface area contributed by atoms with Crippen molar-refractivity contribution in [3.05, 3.63) is 29.8 Å². The van der Waals surface area contributed by atoms with Gasteiger partial charge >= 0.3 is 0 Å². The third-order valence-electron chi connectivity index (χ3n) is 2.92. The first-order chi connectivity index (χ1) is 6.84. The van der Waals surface area contributed by atoms with Crippen molar-refractivity contribution < 1.29 is 0 Å².